The molecular weight excluding hydrogens is 268 g/mol. The second-order valence-corrected chi connectivity index (χ2v) is 5.11. The fraction of sp³-hybridized carbons (Fsp3) is 0.353. The van der Waals surface area contributed by atoms with E-state index in [0.29, 0.717) is 23.5 Å². The van der Waals surface area contributed by atoms with Crippen molar-refractivity contribution in [1.29, 1.82) is 0 Å². The van der Waals surface area contributed by atoms with Crippen LogP contribution >= 0.6 is 0 Å². The predicted molar refractivity (Wildman–Crippen MR) is 80.3 cm³/mol. The number of hydrogen-bond donors (Lipinski definition) is 1. The number of aliphatic hydroxyl groups is 1. The van der Waals surface area contributed by atoms with E-state index in [0.717, 1.165) is 5.56 Å². The van der Waals surface area contributed by atoms with Crippen LogP contribution in [0.3, 0.4) is 0 Å². The molecule has 1 N–H and O–H groups in total. The lowest BCUT2D eigenvalue weighted by atomic mass is 9.90. The van der Waals surface area contributed by atoms with Gasteiger partial charge in [0, 0.05) is 5.57 Å². The highest BCUT2D eigenvalue weighted by Crippen LogP contribution is 2.40. The zero-order valence-corrected chi connectivity index (χ0v) is 12.6. The highest BCUT2D eigenvalue weighted by molar-refractivity contribution is 5.97. The molecule has 0 spiro atoms. The second kappa shape index (κ2) is 6.14. The SMILES string of the molecule is CCOC(=O)C1=C(C)OC(C)(CO)/C1=C/c1ccccc1. The van der Waals surface area contributed by atoms with E-state index in [1.165, 1.54) is 0 Å². The van der Waals surface area contributed by atoms with Crippen molar-refractivity contribution in [3.63, 3.8) is 0 Å². The molecule has 1 aromatic rings. The third kappa shape index (κ3) is 3.00. The van der Waals surface area contributed by atoms with Crippen molar-refractivity contribution in [1.82, 2.24) is 0 Å². The third-order valence-electron chi connectivity index (χ3n) is 3.46. The quantitative estimate of drug-likeness (QED) is 0.865. The number of aliphatic hydroxyl groups excluding tert-OH is 1. The van der Waals surface area contributed by atoms with Crippen LogP contribution in [0.25, 0.3) is 6.08 Å². The number of rotatable bonds is 4. The van der Waals surface area contributed by atoms with Gasteiger partial charge in [-0.2, -0.15) is 0 Å². The van der Waals surface area contributed by atoms with Crippen LogP contribution in [-0.4, -0.2) is 29.9 Å². The highest BCUT2D eigenvalue weighted by atomic mass is 16.5. The van der Waals surface area contributed by atoms with Gasteiger partial charge < -0.3 is 14.6 Å². The van der Waals surface area contributed by atoms with E-state index in [-0.39, 0.29) is 6.61 Å². The van der Waals surface area contributed by atoms with Gasteiger partial charge in [-0.05, 0) is 32.4 Å². The van der Waals surface area contributed by atoms with E-state index >= 15 is 0 Å². The number of carbonyl (C=O) groups is 1. The molecule has 0 aromatic heterocycles. The summed E-state index contributed by atoms with van der Waals surface area (Å²) < 4.78 is 10.8. The molecular formula is C17H20O4. The van der Waals surface area contributed by atoms with Crippen molar-refractivity contribution in [2.45, 2.75) is 26.4 Å². The van der Waals surface area contributed by atoms with Crippen LogP contribution in [0.1, 0.15) is 26.3 Å². The molecule has 112 valence electrons. The van der Waals surface area contributed by atoms with E-state index in [9.17, 15) is 9.90 Å². The average molecular weight is 288 g/mol. The van der Waals surface area contributed by atoms with E-state index in [1.807, 2.05) is 36.4 Å². The van der Waals surface area contributed by atoms with Gasteiger partial charge in [0.25, 0.3) is 0 Å². The Labute approximate surface area is 124 Å². The van der Waals surface area contributed by atoms with Crippen LogP contribution in [0.4, 0.5) is 0 Å². The zero-order chi connectivity index (χ0) is 15.5. The zero-order valence-electron chi connectivity index (χ0n) is 12.6. The molecule has 21 heavy (non-hydrogen) atoms. The molecule has 4 heteroatoms. The maximum absolute atomic E-state index is 12.2. The minimum Gasteiger partial charge on any atom is -0.484 e. The maximum Gasteiger partial charge on any atom is 0.341 e. The molecule has 0 saturated heterocycles. The summed E-state index contributed by atoms with van der Waals surface area (Å²) in [6, 6.07) is 9.62. The molecule has 0 aliphatic carbocycles. The summed E-state index contributed by atoms with van der Waals surface area (Å²) in [6.45, 7) is 5.31. The van der Waals surface area contributed by atoms with Crippen LogP contribution in [0.2, 0.25) is 0 Å². The minimum absolute atomic E-state index is 0.216. The van der Waals surface area contributed by atoms with Crippen LogP contribution < -0.4 is 0 Å². The number of esters is 1. The molecule has 1 atom stereocenters. The van der Waals surface area contributed by atoms with Gasteiger partial charge in [-0.3, -0.25) is 0 Å². The number of carbonyl (C=O) groups excluding carboxylic acids is 1. The minimum atomic E-state index is -0.929. The summed E-state index contributed by atoms with van der Waals surface area (Å²) in [6.07, 6.45) is 1.86. The first-order valence-corrected chi connectivity index (χ1v) is 6.97. The first kappa shape index (κ1) is 15.3. The number of benzene rings is 1. The molecule has 0 radical (unpaired) electrons. The third-order valence-corrected chi connectivity index (χ3v) is 3.46. The van der Waals surface area contributed by atoms with Crippen molar-refractivity contribution in [3.8, 4) is 0 Å². The van der Waals surface area contributed by atoms with Crippen molar-refractivity contribution in [2.75, 3.05) is 13.2 Å². The monoisotopic (exact) mass is 288 g/mol. The first-order chi connectivity index (χ1) is 10.0. The topological polar surface area (TPSA) is 55.8 Å². The molecule has 0 saturated carbocycles. The molecule has 4 nitrogen and oxygen atoms in total. The Morgan fingerprint density at radius 2 is 2.05 bits per heavy atom. The Hall–Kier alpha value is -2.07. The molecule has 1 aliphatic heterocycles. The normalized spacial score (nSPS) is 23.3. The van der Waals surface area contributed by atoms with Gasteiger partial charge in [-0.15, -0.1) is 0 Å². The summed E-state index contributed by atoms with van der Waals surface area (Å²) >= 11 is 0. The Balaban J connectivity index is 2.49. The summed E-state index contributed by atoms with van der Waals surface area (Å²) in [5, 5.41) is 9.68. The van der Waals surface area contributed by atoms with Crippen LogP contribution in [0.15, 0.2) is 47.2 Å². The lowest BCUT2D eigenvalue weighted by molar-refractivity contribution is -0.138. The average Bonchev–Trinajstić information content (AvgIpc) is 2.72. The molecule has 0 fully saturated rings. The molecule has 0 amide bonds. The standard InChI is InChI=1S/C17H20O4/c1-4-20-16(19)15-12(2)21-17(3,11-18)14(15)10-13-8-6-5-7-9-13/h5-10,18H,4,11H2,1-3H3/b14-10+. The van der Waals surface area contributed by atoms with Crippen molar-refractivity contribution in [3.05, 3.63) is 52.8 Å². The van der Waals surface area contributed by atoms with Gasteiger partial charge in [0.05, 0.1) is 13.2 Å². The summed E-state index contributed by atoms with van der Waals surface area (Å²) in [5.74, 6) is 0.0570. The molecule has 0 bridgehead atoms. The Morgan fingerprint density at radius 3 is 2.62 bits per heavy atom. The van der Waals surface area contributed by atoms with Gasteiger partial charge >= 0.3 is 5.97 Å². The van der Waals surface area contributed by atoms with Gasteiger partial charge in [0.2, 0.25) is 0 Å². The largest absolute Gasteiger partial charge is 0.484 e. The molecule has 1 heterocycles. The molecule has 1 unspecified atom stereocenters. The predicted octanol–water partition coefficient (Wildman–Crippen LogP) is 2.69. The number of hydrogen-bond acceptors (Lipinski definition) is 4. The summed E-state index contributed by atoms with van der Waals surface area (Å²) in [4.78, 5) is 12.2. The molecule has 2 rings (SSSR count). The van der Waals surface area contributed by atoms with Gasteiger partial charge in [-0.25, -0.2) is 4.79 Å². The lowest BCUT2D eigenvalue weighted by Gasteiger charge is -2.24. The second-order valence-electron chi connectivity index (χ2n) is 5.11. The fourth-order valence-corrected chi connectivity index (χ4v) is 2.41. The highest BCUT2D eigenvalue weighted by Gasteiger charge is 2.43. The van der Waals surface area contributed by atoms with Crippen LogP contribution in [-0.2, 0) is 14.3 Å². The van der Waals surface area contributed by atoms with Crippen LogP contribution in [0, 0.1) is 0 Å². The number of ether oxygens (including phenoxy) is 2. The Bertz CT molecular complexity index is 586. The van der Waals surface area contributed by atoms with Gasteiger partial charge in [-0.1, -0.05) is 30.3 Å². The Kier molecular flexibility index (Phi) is 4.48. The van der Waals surface area contributed by atoms with Crippen molar-refractivity contribution in [2.24, 2.45) is 0 Å². The molecule has 1 aromatic carbocycles. The van der Waals surface area contributed by atoms with Gasteiger partial charge in [0.15, 0.2) is 5.60 Å². The lowest BCUT2D eigenvalue weighted by Crippen LogP contribution is -2.32. The summed E-state index contributed by atoms with van der Waals surface area (Å²) in [5.41, 5.74) is 1.05. The summed E-state index contributed by atoms with van der Waals surface area (Å²) in [7, 11) is 0. The Morgan fingerprint density at radius 1 is 1.38 bits per heavy atom. The number of allylic oxidation sites excluding steroid dienone is 1. The van der Waals surface area contributed by atoms with E-state index < -0.39 is 11.6 Å². The molecule has 1 aliphatic rings. The maximum atomic E-state index is 12.2. The van der Waals surface area contributed by atoms with Gasteiger partial charge in [0.1, 0.15) is 11.3 Å². The van der Waals surface area contributed by atoms with E-state index in [2.05, 4.69) is 0 Å². The van der Waals surface area contributed by atoms with E-state index in [1.54, 1.807) is 20.8 Å². The first-order valence-electron chi connectivity index (χ1n) is 6.97. The fourth-order valence-electron chi connectivity index (χ4n) is 2.41. The van der Waals surface area contributed by atoms with Crippen molar-refractivity contribution >= 4 is 12.0 Å². The van der Waals surface area contributed by atoms with E-state index in [4.69, 9.17) is 9.47 Å². The smallest absolute Gasteiger partial charge is 0.341 e. The van der Waals surface area contributed by atoms with Crippen molar-refractivity contribution < 1.29 is 19.4 Å². The van der Waals surface area contributed by atoms with Crippen LogP contribution in [0.5, 0.6) is 0 Å².